The summed E-state index contributed by atoms with van der Waals surface area (Å²) < 4.78 is 5.67. The lowest BCUT2D eigenvalue weighted by molar-refractivity contribution is -0.121. The monoisotopic (exact) mass is 275 g/mol. The van der Waals surface area contributed by atoms with Crippen molar-refractivity contribution in [3.63, 3.8) is 0 Å². The van der Waals surface area contributed by atoms with Gasteiger partial charge in [0.05, 0.1) is 23.7 Å². The molecule has 0 spiro atoms. The van der Waals surface area contributed by atoms with Gasteiger partial charge in [-0.15, -0.1) is 0 Å². The van der Waals surface area contributed by atoms with Crippen molar-refractivity contribution in [3.8, 4) is 0 Å². The van der Waals surface area contributed by atoms with Crippen molar-refractivity contribution in [2.45, 2.75) is 38.4 Å². The van der Waals surface area contributed by atoms with Gasteiger partial charge in [0.15, 0.2) is 0 Å². The van der Waals surface area contributed by atoms with Crippen LogP contribution in [0.4, 0.5) is 5.69 Å². The quantitative estimate of drug-likeness (QED) is 0.886. The molecule has 2 aliphatic rings. The van der Waals surface area contributed by atoms with E-state index in [4.69, 9.17) is 9.84 Å². The molecule has 2 bridgehead atoms. The highest BCUT2D eigenvalue weighted by Crippen LogP contribution is 2.39. The van der Waals surface area contributed by atoms with Crippen LogP contribution in [0, 0.1) is 12.8 Å². The van der Waals surface area contributed by atoms with Crippen molar-refractivity contribution in [1.82, 2.24) is 0 Å². The number of hydrogen-bond donors (Lipinski definition) is 2. The van der Waals surface area contributed by atoms with E-state index in [9.17, 15) is 9.59 Å². The zero-order chi connectivity index (χ0) is 14.3. The Morgan fingerprint density at radius 3 is 2.75 bits per heavy atom. The number of carboxylic acid groups (broad SMARTS) is 1. The minimum Gasteiger partial charge on any atom is -0.478 e. The van der Waals surface area contributed by atoms with E-state index in [1.165, 1.54) is 6.07 Å². The first-order valence-electron chi connectivity index (χ1n) is 6.85. The topological polar surface area (TPSA) is 75.6 Å². The van der Waals surface area contributed by atoms with Gasteiger partial charge in [0, 0.05) is 5.69 Å². The summed E-state index contributed by atoms with van der Waals surface area (Å²) in [5.74, 6) is -1.16. The van der Waals surface area contributed by atoms with Crippen molar-refractivity contribution < 1.29 is 19.4 Å². The molecule has 1 aromatic rings. The summed E-state index contributed by atoms with van der Waals surface area (Å²) in [5, 5.41) is 11.9. The number of anilines is 1. The summed E-state index contributed by atoms with van der Waals surface area (Å²) in [6.45, 7) is 1.73. The number of aryl methyl sites for hydroxylation is 1. The second kappa shape index (κ2) is 4.90. The molecule has 2 heterocycles. The number of nitrogens with one attached hydrogen (secondary N) is 1. The summed E-state index contributed by atoms with van der Waals surface area (Å²) in [7, 11) is 0. The van der Waals surface area contributed by atoms with Crippen LogP contribution in [0.1, 0.15) is 35.2 Å². The summed E-state index contributed by atoms with van der Waals surface area (Å²) in [5.41, 5.74) is 1.42. The number of amides is 1. The number of carbonyl (C=O) groups is 2. The lowest BCUT2D eigenvalue weighted by Gasteiger charge is -2.18. The molecule has 5 nitrogen and oxygen atoms in total. The minimum atomic E-state index is -0.984. The average molecular weight is 275 g/mol. The van der Waals surface area contributed by atoms with E-state index in [0.717, 1.165) is 19.3 Å². The molecule has 0 aliphatic carbocycles. The van der Waals surface area contributed by atoms with Gasteiger partial charge >= 0.3 is 5.97 Å². The smallest absolute Gasteiger partial charge is 0.336 e. The highest BCUT2D eigenvalue weighted by molar-refractivity contribution is 5.96. The van der Waals surface area contributed by atoms with E-state index in [1.54, 1.807) is 19.1 Å². The molecule has 0 saturated carbocycles. The van der Waals surface area contributed by atoms with Gasteiger partial charge in [-0.05, 0) is 43.9 Å². The van der Waals surface area contributed by atoms with E-state index in [0.29, 0.717) is 11.3 Å². The van der Waals surface area contributed by atoms with Crippen LogP contribution in [0.2, 0.25) is 0 Å². The highest BCUT2D eigenvalue weighted by Gasteiger charge is 2.44. The van der Waals surface area contributed by atoms with Crippen LogP contribution in [-0.4, -0.2) is 29.2 Å². The molecule has 5 heteroatoms. The normalized spacial score (nSPS) is 27.6. The Morgan fingerprint density at radius 2 is 2.15 bits per heavy atom. The van der Waals surface area contributed by atoms with Crippen LogP contribution in [-0.2, 0) is 9.53 Å². The predicted octanol–water partition coefficient (Wildman–Crippen LogP) is 2.20. The molecule has 3 atom stereocenters. The Hall–Kier alpha value is -1.88. The zero-order valence-corrected chi connectivity index (χ0v) is 11.3. The van der Waals surface area contributed by atoms with Crippen molar-refractivity contribution in [1.29, 1.82) is 0 Å². The van der Waals surface area contributed by atoms with Gasteiger partial charge in [0.25, 0.3) is 0 Å². The van der Waals surface area contributed by atoms with E-state index >= 15 is 0 Å². The first-order valence-corrected chi connectivity index (χ1v) is 6.85. The number of rotatable bonds is 3. The summed E-state index contributed by atoms with van der Waals surface area (Å²) in [4.78, 5) is 23.3. The van der Waals surface area contributed by atoms with Crippen molar-refractivity contribution in [3.05, 3.63) is 29.3 Å². The van der Waals surface area contributed by atoms with Gasteiger partial charge in [-0.1, -0.05) is 6.07 Å². The van der Waals surface area contributed by atoms with Gasteiger partial charge in [-0.25, -0.2) is 4.79 Å². The van der Waals surface area contributed by atoms with Crippen LogP contribution >= 0.6 is 0 Å². The maximum atomic E-state index is 12.2. The fourth-order valence-electron chi connectivity index (χ4n) is 3.08. The zero-order valence-electron chi connectivity index (χ0n) is 11.3. The number of hydrogen-bond acceptors (Lipinski definition) is 3. The second-order valence-electron chi connectivity index (χ2n) is 5.54. The fraction of sp³-hybridized carbons (Fsp3) is 0.467. The van der Waals surface area contributed by atoms with Gasteiger partial charge in [-0.3, -0.25) is 4.79 Å². The Kier molecular flexibility index (Phi) is 3.22. The van der Waals surface area contributed by atoms with Crippen LogP contribution in [0.15, 0.2) is 18.2 Å². The first kappa shape index (κ1) is 13.1. The number of carboxylic acids is 1. The van der Waals surface area contributed by atoms with Gasteiger partial charge < -0.3 is 15.2 Å². The molecular formula is C15H17NO4. The van der Waals surface area contributed by atoms with Gasteiger partial charge in [0.2, 0.25) is 5.91 Å². The minimum absolute atomic E-state index is 0.0318. The first-order chi connectivity index (χ1) is 9.54. The van der Waals surface area contributed by atoms with Crippen LogP contribution in [0.5, 0.6) is 0 Å². The van der Waals surface area contributed by atoms with E-state index in [2.05, 4.69) is 5.32 Å². The fourth-order valence-corrected chi connectivity index (χ4v) is 3.08. The number of aromatic carboxylic acids is 1. The van der Waals surface area contributed by atoms with E-state index < -0.39 is 5.97 Å². The molecule has 2 aliphatic heterocycles. The largest absolute Gasteiger partial charge is 0.478 e. The van der Waals surface area contributed by atoms with Crippen LogP contribution in [0.25, 0.3) is 0 Å². The summed E-state index contributed by atoms with van der Waals surface area (Å²) in [6, 6.07) is 4.94. The van der Waals surface area contributed by atoms with Gasteiger partial charge in [-0.2, -0.15) is 0 Å². The number of carbonyl (C=O) groups excluding carboxylic acids is 1. The molecule has 1 aromatic carbocycles. The molecule has 3 rings (SSSR count). The molecule has 2 saturated heterocycles. The standard InChI is InChI=1S/C15H17NO4/c1-8-2-3-9(6-11(8)15(18)19)16-14(17)12-7-10-4-5-13(12)20-10/h2-3,6,10,12-13H,4-5,7H2,1H3,(H,16,17)(H,18,19). The molecule has 0 radical (unpaired) electrons. The highest BCUT2D eigenvalue weighted by atomic mass is 16.5. The molecule has 0 aromatic heterocycles. The SMILES string of the molecule is Cc1ccc(NC(=O)C2CC3CCC2O3)cc1C(=O)O. The predicted molar refractivity (Wildman–Crippen MR) is 72.8 cm³/mol. The lowest BCUT2D eigenvalue weighted by atomic mass is 9.88. The molecule has 106 valence electrons. The third kappa shape index (κ3) is 2.29. The van der Waals surface area contributed by atoms with Gasteiger partial charge in [0.1, 0.15) is 0 Å². The summed E-state index contributed by atoms with van der Waals surface area (Å²) in [6.07, 6.45) is 3.01. The molecule has 2 fully saturated rings. The average Bonchev–Trinajstić information content (AvgIpc) is 3.03. The Balaban J connectivity index is 1.73. The Morgan fingerprint density at radius 1 is 1.35 bits per heavy atom. The Labute approximate surface area is 116 Å². The third-order valence-electron chi connectivity index (χ3n) is 4.18. The molecule has 1 amide bonds. The lowest BCUT2D eigenvalue weighted by Crippen LogP contribution is -2.30. The number of benzene rings is 1. The van der Waals surface area contributed by atoms with Crippen molar-refractivity contribution in [2.75, 3.05) is 5.32 Å². The third-order valence-corrected chi connectivity index (χ3v) is 4.18. The molecule has 3 unspecified atom stereocenters. The van der Waals surface area contributed by atoms with Crippen molar-refractivity contribution >= 4 is 17.6 Å². The second-order valence-corrected chi connectivity index (χ2v) is 5.54. The van der Waals surface area contributed by atoms with Crippen molar-refractivity contribution in [2.24, 2.45) is 5.92 Å². The molecular weight excluding hydrogens is 258 g/mol. The number of fused-ring (bicyclic) bond motifs is 2. The molecule has 20 heavy (non-hydrogen) atoms. The van der Waals surface area contributed by atoms with Crippen LogP contribution in [0.3, 0.4) is 0 Å². The number of ether oxygens (including phenoxy) is 1. The molecule has 2 N–H and O–H groups in total. The van der Waals surface area contributed by atoms with Crippen LogP contribution < -0.4 is 5.32 Å². The Bertz CT molecular complexity index is 569. The maximum absolute atomic E-state index is 12.2. The maximum Gasteiger partial charge on any atom is 0.336 e. The van der Waals surface area contributed by atoms with E-state index in [-0.39, 0.29) is 29.6 Å². The van der Waals surface area contributed by atoms with E-state index in [1.807, 2.05) is 0 Å². The summed E-state index contributed by atoms with van der Waals surface area (Å²) >= 11 is 0.